The fourth-order valence-electron chi connectivity index (χ4n) is 2.53. The molecule has 0 bridgehead atoms. The van der Waals surface area contributed by atoms with Gasteiger partial charge in [-0.2, -0.15) is 0 Å². The van der Waals surface area contributed by atoms with Crippen LogP contribution in [-0.2, 0) is 18.9 Å². The van der Waals surface area contributed by atoms with E-state index >= 15 is 0 Å². The van der Waals surface area contributed by atoms with E-state index in [1.165, 1.54) is 0 Å². The second kappa shape index (κ2) is 8.39. The highest BCUT2D eigenvalue weighted by atomic mass is 16.7. The summed E-state index contributed by atoms with van der Waals surface area (Å²) in [5.74, 6) is -0.0934. The van der Waals surface area contributed by atoms with E-state index in [0.717, 1.165) is 4.90 Å². The number of ether oxygens (including phenoxy) is 4. The van der Waals surface area contributed by atoms with Crippen LogP contribution in [0, 0.1) is 5.92 Å². The molecule has 0 heterocycles. The molecule has 2 atom stereocenters. The molecule has 1 fully saturated rings. The number of nitrogens with zero attached hydrogens (tertiary/aromatic N) is 1. The first-order chi connectivity index (χ1) is 11.9. The van der Waals surface area contributed by atoms with Crippen LogP contribution in [0.4, 0.5) is 9.59 Å². The van der Waals surface area contributed by atoms with Crippen LogP contribution >= 0.6 is 0 Å². The molecule has 1 aliphatic rings. The summed E-state index contributed by atoms with van der Waals surface area (Å²) in [7, 11) is 0. The predicted octanol–water partition coefficient (Wildman–Crippen LogP) is 4.11. The number of hydrogen-bond donors (Lipinski definition) is 0. The molecule has 0 radical (unpaired) electrons. The Bertz CT molecular complexity index is 491. The third kappa shape index (κ3) is 6.29. The molecular weight excluding hydrogens is 338 g/mol. The van der Waals surface area contributed by atoms with E-state index in [0.29, 0.717) is 13.0 Å². The van der Waals surface area contributed by atoms with Gasteiger partial charge in [-0.3, -0.25) is 0 Å². The molecule has 1 saturated carbocycles. The minimum Gasteiger partial charge on any atom is -0.443 e. The summed E-state index contributed by atoms with van der Waals surface area (Å²) in [6.45, 7) is 16.8. The molecule has 1 rings (SSSR count). The van der Waals surface area contributed by atoms with Crippen molar-refractivity contribution < 1.29 is 28.5 Å². The van der Waals surface area contributed by atoms with E-state index in [9.17, 15) is 9.59 Å². The Labute approximate surface area is 156 Å². The molecule has 1 aliphatic carbocycles. The Kier molecular flexibility index (Phi) is 7.24. The van der Waals surface area contributed by atoms with Crippen molar-refractivity contribution >= 4 is 12.2 Å². The minimum absolute atomic E-state index is 0.0819. The summed E-state index contributed by atoms with van der Waals surface area (Å²) in [4.78, 5) is 26.7. The third-order valence-electron chi connectivity index (χ3n) is 3.71. The molecule has 0 aliphatic heterocycles. The molecule has 7 heteroatoms. The van der Waals surface area contributed by atoms with Crippen LogP contribution in [0.3, 0.4) is 0 Å². The average Bonchev–Trinajstić information content (AvgIpc) is 3.14. The lowest BCUT2D eigenvalue weighted by Crippen LogP contribution is -2.53. The molecule has 0 aromatic rings. The third-order valence-corrected chi connectivity index (χ3v) is 3.71. The van der Waals surface area contributed by atoms with Crippen LogP contribution in [0.25, 0.3) is 0 Å². The highest BCUT2D eigenvalue weighted by Gasteiger charge is 2.62. The lowest BCUT2D eigenvalue weighted by atomic mass is 10.1. The zero-order chi connectivity index (χ0) is 20.2. The fraction of sp³-hybridized carbons (Fsp3) is 0.789. The van der Waals surface area contributed by atoms with Crippen molar-refractivity contribution in [2.24, 2.45) is 5.92 Å². The summed E-state index contributed by atoms with van der Waals surface area (Å²) in [5, 5.41) is 0. The Morgan fingerprint density at radius 1 is 1.08 bits per heavy atom. The number of carbonyl (C=O) groups is 2. The molecule has 0 saturated heterocycles. The molecule has 0 N–H and O–H groups in total. The summed E-state index contributed by atoms with van der Waals surface area (Å²) < 4.78 is 21.6. The Balaban J connectivity index is 3.08. The molecular formula is C19H33NO6. The maximum Gasteiger partial charge on any atom is 0.420 e. The summed E-state index contributed by atoms with van der Waals surface area (Å²) in [6.07, 6.45) is 0.750. The number of rotatable bonds is 7. The summed E-state index contributed by atoms with van der Waals surface area (Å²) in [5.41, 5.74) is -2.37. The van der Waals surface area contributed by atoms with Gasteiger partial charge in [-0.05, 0) is 54.9 Å². The van der Waals surface area contributed by atoms with Crippen LogP contribution in [-0.4, -0.2) is 53.8 Å². The molecule has 7 nitrogen and oxygen atoms in total. The van der Waals surface area contributed by atoms with E-state index in [-0.39, 0.29) is 19.3 Å². The van der Waals surface area contributed by atoms with Gasteiger partial charge in [-0.25, -0.2) is 14.5 Å². The molecule has 0 unspecified atom stereocenters. The predicted molar refractivity (Wildman–Crippen MR) is 97.8 cm³/mol. The van der Waals surface area contributed by atoms with Crippen LogP contribution < -0.4 is 0 Å². The standard InChI is InChI=1S/C19H33NO6/c1-9-14-11-19(14,12-24-13-23-10-2)20(15(21)25-17(3,4)5)16(22)26-18(6,7)8/h9,14H,1,10-13H2,2-8H3/t14-,19+/m1/s1. The van der Waals surface area contributed by atoms with Gasteiger partial charge in [0.05, 0.1) is 12.1 Å². The first-order valence-corrected chi connectivity index (χ1v) is 8.90. The van der Waals surface area contributed by atoms with E-state index in [4.69, 9.17) is 18.9 Å². The van der Waals surface area contributed by atoms with Gasteiger partial charge >= 0.3 is 12.2 Å². The Morgan fingerprint density at radius 2 is 1.58 bits per heavy atom. The second-order valence-electron chi connectivity index (χ2n) is 8.41. The number of carbonyl (C=O) groups excluding carboxylic acids is 2. The smallest absolute Gasteiger partial charge is 0.420 e. The van der Waals surface area contributed by atoms with E-state index < -0.39 is 28.9 Å². The van der Waals surface area contributed by atoms with Crippen molar-refractivity contribution in [2.45, 2.75) is 71.6 Å². The molecule has 2 amide bonds. The number of hydrogen-bond acceptors (Lipinski definition) is 6. The lowest BCUT2D eigenvalue weighted by Gasteiger charge is -2.34. The van der Waals surface area contributed by atoms with Crippen LogP contribution in [0.2, 0.25) is 0 Å². The summed E-state index contributed by atoms with van der Waals surface area (Å²) >= 11 is 0. The molecule has 0 spiro atoms. The molecule has 150 valence electrons. The largest absolute Gasteiger partial charge is 0.443 e. The highest BCUT2D eigenvalue weighted by molar-refractivity contribution is 5.90. The Hall–Kier alpha value is -1.60. The average molecular weight is 371 g/mol. The van der Waals surface area contributed by atoms with Crippen molar-refractivity contribution in [1.82, 2.24) is 4.90 Å². The van der Waals surface area contributed by atoms with E-state index in [1.807, 2.05) is 6.92 Å². The maximum atomic E-state index is 12.8. The Morgan fingerprint density at radius 3 is 1.92 bits per heavy atom. The molecule has 0 aromatic heterocycles. The molecule has 26 heavy (non-hydrogen) atoms. The lowest BCUT2D eigenvalue weighted by molar-refractivity contribution is -0.0763. The SMILES string of the molecule is C=C[C@@H]1C[C@@]1(COCOCC)N(C(=O)OC(C)(C)C)C(=O)OC(C)(C)C. The first kappa shape index (κ1) is 22.4. The van der Waals surface area contributed by atoms with Crippen molar-refractivity contribution in [3.05, 3.63) is 12.7 Å². The van der Waals surface area contributed by atoms with Crippen molar-refractivity contribution in [3.8, 4) is 0 Å². The van der Waals surface area contributed by atoms with Gasteiger partial charge in [0.15, 0.2) is 0 Å². The maximum absolute atomic E-state index is 12.8. The van der Waals surface area contributed by atoms with Crippen molar-refractivity contribution in [2.75, 3.05) is 20.0 Å². The number of imide groups is 1. The van der Waals surface area contributed by atoms with Crippen LogP contribution in [0.5, 0.6) is 0 Å². The summed E-state index contributed by atoms with van der Waals surface area (Å²) in [6, 6.07) is 0. The fourth-order valence-corrected chi connectivity index (χ4v) is 2.53. The van der Waals surface area contributed by atoms with Gasteiger partial charge in [0, 0.05) is 12.5 Å². The quantitative estimate of drug-likeness (QED) is 0.381. The van der Waals surface area contributed by atoms with Crippen molar-refractivity contribution in [1.29, 1.82) is 0 Å². The van der Waals surface area contributed by atoms with Gasteiger partial charge in [0.2, 0.25) is 0 Å². The zero-order valence-electron chi connectivity index (χ0n) is 17.1. The first-order valence-electron chi connectivity index (χ1n) is 8.90. The number of amides is 2. The zero-order valence-corrected chi connectivity index (χ0v) is 17.1. The van der Waals surface area contributed by atoms with E-state index in [1.54, 1.807) is 47.6 Å². The molecule has 0 aromatic carbocycles. The minimum atomic E-state index is -0.872. The van der Waals surface area contributed by atoms with Gasteiger partial charge in [0.1, 0.15) is 18.0 Å². The van der Waals surface area contributed by atoms with Crippen molar-refractivity contribution in [3.63, 3.8) is 0 Å². The second-order valence-corrected chi connectivity index (χ2v) is 8.41. The monoisotopic (exact) mass is 371 g/mol. The van der Waals surface area contributed by atoms with Crippen LogP contribution in [0.1, 0.15) is 54.9 Å². The topological polar surface area (TPSA) is 74.3 Å². The van der Waals surface area contributed by atoms with Gasteiger partial charge in [-0.15, -0.1) is 6.58 Å². The van der Waals surface area contributed by atoms with Gasteiger partial charge < -0.3 is 18.9 Å². The van der Waals surface area contributed by atoms with E-state index in [2.05, 4.69) is 6.58 Å². The van der Waals surface area contributed by atoms with Gasteiger partial charge in [-0.1, -0.05) is 6.08 Å². The highest BCUT2D eigenvalue weighted by Crippen LogP contribution is 2.50. The van der Waals surface area contributed by atoms with Gasteiger partial charge in [0.25, 0.3) is 0 Å². The van der Waals surface area contributed by atoms with Crippen LogP contribution in [0.15, 0.2) is 12.7 Å². The normalized spacial score (nSPS) is 22.5.